The Bertz CT molecular complexity index is 624. The van der Waals surface area contributed by atoms with Gasteiger partial charge in [0.1, 0.15) is 5.69 Å². The monoisotopic (exact) mass is 282 g/mol. The van der Waals surface area contributed by atoms with Crippen LogP contribution in [0.15, 0.2) is 42.6 Å². The maximum Gasteiger partial charge on any atom is 0.416 e. The summed E-state index contributed by atoms with van der Waals surface area (Å²) in [5, 5.41) is 11.4. The van der Waals surface area contributed by atoms with Crippen LogP contribution in [0.2, 0.25) is 0 Å². The van der Waals surface area contributed by atoms with Gasteiger partial charge in [0, 0.05) is 5.69 Å². The van der Waals surface area contributed by atoms with Gasteiger partial charge in [0.25, 0.3) is 0 Å². The Morgan fingerprint density at radius 3 is 2.45 bits per heavy atom. The molecule has 1 aromatic carbocycles. The molecule has 20 heavy (non-hydrogen) atoms. The van der Waals surface area contributed by atoms with Crippen LogP contribution in [0.3, 0.4) is 0 Å². The van der Waals surface area contributed by atoms with Crippen molar-refractivity contribution in [2.24, 2.45) is 0 Å². The number of pyridine rings is 1. The van der Waals surface area contributed by atoms with E-state index in [-0.39, 0.29) is 11.4 Å². The zero-order valence-corrected chi connectivity index (χ0v) is 9.98. The highest BCUT2D eigenvalue weighted by atomic mass is 19.4. The second kappa shape index (κ2) is 5.20. The highest BCUT2D eigenvalue weighted by Crippen LogP contribution is 2.31. The molecule has 7 heteroatoms. The molecule has 0 saturated carbocycles. The molecular weight excluding hydrogens is 273 g/mol. The van der Waals surface area contributed by atoms with Gasteiger partial charge in [-0.2, -0.15) is 13.2 Å². The van der Waals surface area contributed by atoms with Crippen LogP contribution in [0, 0.1) is 0 Å². The van der Waals surface area contributed by atoms with Gasteiger partial charge in [0.15, 0.2) is 0 Å². The first kappa shape index (κ1) is 13.9. The van der Waals surface area contributed by atoms with Gasteiger partial charge < -0.3 is 10.4 Å². The minimum atomic E-state index is -4.41. The van der Waals surface area contributed by atoms with E-state index in [1.165, 1.54) is 30.5 Å². The lowest BCUT2D eigenvalue weighted by molar-refractivity contribution is -0.137. The molecule has 1 heterocycles. The van der Waals surface area contributed by atoms with E-state index in [0.29, 0.717) is 5.69 Å². The lowest BCUT2D eigenvalue weighted by Crippen LogP contribution is -2.05. The standard InChI is InChI=1S/C13H9F3N2O2/c14-13(15,16)8-2-1-3-9(6-8)18-10-4-5-11(12(19)20)17-7-10/h1-7,18H,(H,19,20). The van der Waals surface area contributed by atoms with Gasteiger partial charge in [-0.05, 0) is 30.3 Å². The van der Waals surface area contributed by atoms with Crippen LogP contribution in [0.4, 0.5) is 24.5 Å². The fourth-order valence-electron chi connectivity index (χ4n) is 1.53. The molecule has 0 aliphatic carbocycles. The normalized spacial score (nSPS) is 11.2. The van der Waals surface area contributed by atoms with E-state index in [1.807, 2.05) is 0 Å². The molecule has 0 aliphatic rings. The van der Waals surface area contributed by atoms with Crippen molar-refractivity contribution in [3.05, 3.63) is 53.9 Å². The quantitative estimate of drug-likeness (QED) is 0.903. The van der Waals surface area contributed by atoms with Gasteiger partial charge in [-0.15, -0.1) is 0 Å². The number of benzene rings is 1. The second-order valence-corrected chi connectivity index (χ2v) is 3.94. The molecule has 0 radical (unpaired) electrons. The summed E-state index contributed by atoms with van der Waals surface area (Å²) in [7, 11) is 0. The van der Waals surface area contributed by atoms with Crippen molar-refractivity contribution in [2.45, 2.75) is 6.18 Å². The first-order valence-electron chi connectivity index (χ1n) is 5.50. The number of rotatable bonds is 3. The molecule has 4 nitrogen and oxygen atoms in total. The number of nitrogens with zero attached hydrogens (tertiary/aromatic N) is 1. The third-order valence-corrected chi connectivity index (χ3v) is 2.46. The summed E-state index contributed by atoms with van der Waals surface area (Å²) >= 11 is 0. The average Bonchev–Trinajstić information content (AvgIpc) is 2.38. The van der Waals surface area contributed by atoms with Gasteiger partial charge in [0.05, 0.1) is 17.4 Å². The minimum absolute atomic E-state index is 0.139. The Labute approximate surface area is 111 Å². The molecule has 0 bridgehead atoms. The lowest BCUT2D eigenvalue weighted by Gasteiger charge is -2.10. The van der Waals surface area contributed by atoms with Gasteiger partial charge >= 0.3 is 12.1 Å². The molecule has 0 unspecified atom stereocenters. The fourth-order valence-corrected chi connectivity index (χ4v) is 1.53. The number of carbonyl (C=O) groups is 1. The Morgan fingerprint density at radius 2 is 1.90 bits per heavy atom. The van der Waals surface area contributed by atoms with Crippen LogP contribution in [0.1, 0.15) is 16.1 Å². The van der Waals surface area contributed by atoms with Gasteiger partial charge in [-0.1, -0.05) is 6.07 Å². The maximum atomic E-state index is 12.5. The van der Waals surface area contributed by atoms with Gasteiger partial charge in [0.2, 0.25) is 0 Å². The summed E-state index contributed by atoms with van der Waals surface area (Å²) in [6.45, 7) is 0. The number of aromatic carboxylic acids is 1. The summed E-state index contributed by atoms with van der Waals surface area (Å²) in [6.07, 6.45) is -3.17. The predicted octanol–water partition coefficient (Wildman–Crippen LogP) is 3.54. The summed E-state index contributed by atoms with van der Waals surface area (Å²) in [4.78, 5) is 14.3. The fraction of sp³-hybridized carbons (Fsp3) is 0.0769. The number of carboxylic acid groups (broad SMARTS) is 1. The third kappa shape index (κ3) is 3.25. The molecule has 1 aromatic heterocycles. The van der Waals surface area contributed by atoms with Crippen molar-refractivity contribution in [1.82, 2.24) is 4.98 Å². The molecule has 0 amide bonds. The number of halogens is 3. The summed E-state index contributed by atoms with van der Waals surface area (Å²) in [5.41, 5.74) is -0.267. The zero-order valence-electron chi connectivity index (χ0n) is 9.98. The number of anilines is 2. The SMILES string of the molecule is O=C(O)c1ccc(Nc2cccc(C(F)(F)F)c2)cn1. The van der Waals surface area contributed by atoms with E-state index < -0.39 is 17.7 Å². The smallest absolute Gasteiger partial charge is 0.416 e. The van der Waals surface area contributed by atoms with E-state index >= 15 is 0 Å². The molecular formula is C13H9F3N2O2. The number of nitrogens with one attached hydrogen (secondary N) is 1. The van der Waals surface area contributed by atoms with Crippen molar-refractivity contribution < 1.29 is 23.1 Å². The van der Waals surface area contributed by atoms with E-state index in [0.717, 1.165) is 12.1 Å². The first-order chi connectivity index (χ1) is 9.36. The van der Waals surface area contributed by atoms with Crippen molar-refractivity contribution >= 4 is 17.3 Å². The number of aromatic nitrogens is 1. The molecule has 2 aromatic rings. The Morgan fingerprint density at radius 1 is 1.15 bits per heavy atom. The van der Waals surface area contributed by atoms with Crippen LogP contribution >= 0.6 is 0 Å². The summed E-state index contributed by atoms with van der Waals surface area (Å²) in [5.74, 6) is -1.17. The number of carboxylic acids is 1. The first-order valence-corrected chi connectivity index (χ1v) is 5.50. The van der Waals surface area contributed by atoms with Crippen LogP contribution < -0.4 is 5.32 Å². The zero-order chi connectivity index (χ0) is 14.8. The minimum Gasteiger partial charge on any atom is -0.477 e. The van der Waals surface area contributed by atoms with Gasteiger partial charge in [-0.3, -0.25) is 0 Å². The Kier molecular flexibility index (Phi) is 3.60. The molecule has 0 atom stereocenters. The van der Waals surface area contributed by atoms with Crippen LogP contribution in [0.5, 0.6) is 0 Å². The number of alkyl halides is 3. The number of hydrogen-bond acceptors (Lipinski definition) is 3. The predicted molar refractivity (Wildman–Crippen MR) is 65.9 cm³/mol. The van der Waals surface area contributed by atoms with Crippen LogP contribution in [-0.4, -0.2) is 16.1 Å². The largest absolute Gasteiger partial charge is 0.477 e. The highest BCUT2D eigenvalue weighted by molar-refractivity contribution is 5.85. The highest BCUT2D eigenvalue weighted by Gasteiger charge is 2.30. The van der Waals surface area contributed by atoms with E-state index in [1.54, 1.807) is 0 Å². The van der Waals surface area contributed by atoms with Gasteiger partial charge in [-0.25, -0.2) is 9.78 Å². The summed E-state index contributed by atoms with van der Waals surface area (Å²) < 4.78 is 37.6. The molecule has 0 saturated heterocycles. The Hall–Kier alpha value is -2.57. The van der Waals surface area contributed by atoms with E-state index in [9.17, 15) is 18.0 Å². The molecule has 2 rings (SSSR count). The van der Waals surface area contributed by atoms with Crippen LogP contribution in [0.25, 0.3) is 0 Å². The molecule has 2 N–H and O–H groups in total. The van der Waals surface area contributed by atoms with Crippen molar-refractivity contribution in [3.8, 4) is 0 Å². The maximum absolute atomic E-state index is 12.5. The topological polar surface area (TPSA) is 62.2 Å². The number of hydrogen-bond donors (Lipinski definition) is 2. The summed E-state index contributed by atoms with van der Waals surface area (Å²) in [6, 6.07) is 7.38. The molecule has 0 fully saturated rings. The Balaban J connectivity index is 2.20. The average molecular weight is 282 g/mol. The molecule has 104 valence electrons. The lowest BCUT2D eigenvalue weighted by atomic mass is 10.2. The third-order valence-electron chi connectivity index (χ3n) is 2.46. The van der Waals surface area contributed by atoms with Crippen LogP contribution in [-0.2, 0) is 6.18 Å². The van der Waals surface area contributed by atoms with Crippen molar-refractivity contribution in [1.29, 1.82) is 0 Å². The van der Waals surface area contributed by atoms with E-state index in [4.69, 9.17) is 5.11 Å². The van der Waals surface area contributed by atoms with Crippen molar-refractivity contribution in [3.63, 3.8) is 0 Å². The molecule has 0 aliphatic heterocycles. The van der Waals surface area contributed by atoms with E-state index in [2.05, 4.69) is 10.3 Å². The van der Waals surface area contributed by atoms with Crippen molar-refractivity contribution in [2.75, 3.05) is 5.32 Å². The second-order valence-electron chi connectivity index (χ2n) is 3.94. The molecule has 0 spiro atoms.